The van der Waals surface area contributed by atoms with E-state index in [1.807, 2.05) is 30.3 Å². The van der Waals surface area contributed by atoms with Crippen LogP contribution in [0.3, 0.4) is 0 Å². The Morgan fingerprint density at radius 2 is 1.81 bits per heavy atom. The van der Waals surface area contributed by atoms with Crippen molar-refractivity contribution in [1.82, 2.24) is 11.5 Å². The van der Waals surface area contributed by atoms with Crippen molar-refractivity contribution in [3.05, 3.63) is 71.5 Å². The topological polar surface area (TPSA) is 127 Å². The average molecular weight is 370 g/mol. The maximum Gasteiger partial charge on any atom is 0.339 e. The van der Waals surface area contributed by atoms with Gasteiger partial charge in [0.25, 0.3) is 0 Å². The number of aromatic carboxylic acids is 1. The summed E-state index contributed by atoms with van der Waals surface area (Å²) in [6.45, 7) is 1.22. The van der Waals surface area contributed by atoms with E-state index < -0.39 is 5.97 Å². The minimum absolute atomic E-state index is 0. The maximum atomic E-state index is 11.1. The SMILES string of the molecule is COc1ccc(CNCc2ccc(-c3ccc(O)c(C(=O)O)c3)o2)cc1.N. The number of ether oxygens (including phenoxy) is 1. The normalized spacial score (nSPS) is 10.3. The van der Waals surface area contributed by atoms with Crippen LogP contribution in [-0.2, 0) is 13.1 Å². The van der Waals surface area contributed by atoms with E-state index in [1.54, 1.807) is 19.2 Å². The van der Waals surface area contributed by atoms with Crippen LogP contribution in [-0.4, -0.2) is 23.3 Å². The second kappa shape index (κ2) is 8.88. The molecule has 0 radical (unpaired) electrons. The number of rotatable bonds is 7. The molecular formula is C20H22N2O5. The molecule has 2 aromatic carbocycles. The number of hydrogen-bond donors (Lipinski definition) is 4. The molecule has 0 unspecified atom stereocenters. The van der Waals surface area contributed by atoms with E-state index in [4.69, 9.17) is 14.3 Å². The second-order valence-corrected chi connectivity index (χ2v) is 5.75. The molecule has 142 valence electrons. The van der Waals surface area contributed by atoms with Gasteiger partial charge in [-0.15, -0.1) is 0 Å². The lowest BCUT2D eigenvalue weighted by molar-refractivity contribution is 0.0694. The van der Waals surface area contributed by atoms with Crippen molar-refractivity contribution in [2.45, 2.75) is 13.1 Å². The van der Waals surface area contributed by atoms with Crippen LogP contribution >= 0.6 is 0 Å². The van der Waals surface area contributed by atoms with Crippen molar-refractivity contribution in [2.24, 2.45) is 0 Å². The smallest absolute Gasteiger partial charge is 0.339 e. The first-order valence-corrected chi connectivity index (χ1v) is 8.06. The van der Waals surface area contributed by atoms with Crippen molar-refractivity contribution in [3.8, 4) is 22.8 Å². The molecule has 3 aromatic rings. The Balaban J connectivity index is 0.00000261. The molecule has 7 heteroatoms. The lowest BCUT2D eigenvalue weighted by atomic mass is 10.1. The standard InChI is InChI=1S/C20H19NO5.H3N/c1-25-15-5-2-13(3-6-15)11-21-12-16-7-9-19(26-16)14-4-8-18(22)17(10-14)20(23)24;/h2-10,21-22H,11-12H2,1H3,(H,23,24);1H3. The van der Waals surface area contributed by atoms with Crippen LogP contribution < -0.4 is 16.2 Å². The molecule has 7 nitrogen and oxygen atoms in total. The zero-order chi connectivity index (χ0) is 18.5. The van der Waals surface area contributed by atoms with E-state index >= 15 is 0 Å². The molecule has 0 aliphatic heterocycles. The molecule has 0 bridgehead atoms. The van der Waals surface area contributed by atoms with E-state index in [1.165, 1.54) is 12.1 Å². The Hall–Kier alpha value is -3.29. The summed E-state index contributed by atoms with van der Waals surface area (Å²) < 4.78 is 10.9. The predicted molar refractivity (Wildman–Crippen MR) is 101 cm³/mol. The number of methoxy groups -OCH3 is 1. The summed E-state index contributed by atoms with van der Waals surface area (Å²) in [5.41, 5.74) is 1.57. The van der Waals surface area contributed by atoms with Gasteiger partial charge in [-0.05, 0) is 48.0 Å². The average Bonchev–Trinajstić information content (AvgIpc) is 3.11. The van der Waals surface area contributed by atoms with E-state index in [0.29, 0.717) is 24.4 Å². The van der Waals surface area contributed by atoms with Crippen molar-refractivity contribution in [3.63, 3.8) is 0 Å². The Labute approximate surface area is 156 Å². The fraction of sp³-hybridized carbons (Fsp3) is 0.150. The lowest BCUT2D eigenvalue weighted by Gasteiger charge is -2.05. The van der Waals surface area contributed by atoms with Crippen LogP contribution in [0.1, 0.15) is 21.7 Å². The zero-order valence-electron chi connectivity index (χ0n) is 14.9. The first kappa shape index (κ1) is 20.0. The number of benzene rings is 2. The molecule has 1 aromatic heterocycles. The Morgan fingerprint density at radius 3 is 2.48 bits per heavy atom. The number of carboxylic acids is 1. The van der Waals surface area contributed by atoms with Gasteiger partial charge in [-0.2, -0.15) is 0 Å². The van der Waals surface area contributed by atoms with Gasteiger partial charge >= 0.3 is 5.97 Å². The van der Waals surface area contributed by atoms with Crippen LogP contribution in [0.2, 0.25) is 0 Å². The lowest BCUT2D eigenvalue weighted by Crippen LogP contribution is -2.11. The van der Waals surface area contributed by atoms with Crippen molar-refractivity contribution < 1.29 is 24.2 Å². The summed E-state index contributed by atoms with van der Waals surface area (Å²) in [7, 11) is 1.63. The van der Waals surface area contributed by atoms with E-state index in [9.17, 15) is 9.90 Å². The third-order valence-electron chi connectivity index (χ3n) is 3.96. The minimum Gasteiger partial charge on any atom is -0.507 e. The highest BCUT2D eigenvalue weighted by molar-refractivity contribution is 5.92. The summed E-state index contributed by atoms with van der Waals surface area (Å²) in [6.07, 6.45) is 0. The Bertz CT molecular complexity index is 903. The first-order valence-electron chi connectivity index (χ1n) is 8.06. The van der Waals surface area contributed by atoms with Gasteiger partial charge in [0.2, 0.25) is 0 Å². The fourth-order valence-electron chi connectivity index (χ4n) is 2.56. The van der Waals surface area contributed by atoms with Gasteiger partial charge in [0.1, 0.15) is 28.6 Å². The van der Waals surface area contributed by atoms with Gasteiger partial charge in [-0.1, -0.05) is 12.1 Å². The molecular weight excluding hydrogens is 348 g/mol. The maximum absolute atomic E-state index is 11.1. The predicted octanol–water partition coefficient (Wildman–Crippen LogP) is 3.81. The number of furan rings is 1. The summed E-state index contributed by atoms with van der Waals surface area (Å²) in [4.78, 5) is 11.1. The minimum atomic E-state index is -1.18. The van der Waals surface area contributed by atoms with Crippen LogP contribution in [0.5, 0.6) is 11.5 Å². The highest BCUT2D eigenvalue weighted by Crippen LogP contribution is 2.27. The molecule has 6 N–H and O–H groups in total. The number of carbonyl (C=O) groups is 1. The van der Waals surface area contributed by atoms with Crippen LogP contribution in [0.4, 0.5) is 0 Å². The van der Waals surface area contributed by atoms with Gasteiger partial charge in [0.15, 0.2) is 0 Å². The third-order valence-corrected chi connectivity index (χ3v) is 3.96. The Morgan fingerprint density at radius 1 is 1.07 bits per heavy atom. The molecule has 0 amide bonds. The van der Waals surface area contributed by atoms with E-state index in [-0.39, 0.29) is 17.5 Å². The largest absolute Gasteiger partial charge is 0.507 e. The van der Waals surface area contributed by atoms with Crippen LogP contribution in [0, 0.1) is 0 Å². The van der Waals surface area contributed by atoms with Crippen molar-refractivity contribution in [2.75, 3.05) is 7.11 Å². The van der Waals surface area contributed by atoms with E-state index in [0.717, 1.165) is 17.1 Å². The molecule has 1 heterocycles. The summed E-state index contributed by atoms with van der Waals surface area (Å²) >= 11 is 0. The number of phenols is 1. The summed E-state index contributed by atoms with van der Waals surface area (Å²) in [5.74, 6) is 0.651. The molecule has 0 aliphatic rings. The molecule has 0 spiro atoms. The van der Waals surface area contributed by atoms with Crippen molar-refractivity contribution >= 4 is 5.97 Å². The van der Waals surface area contributed by atoms with Gasteiger partial charge < -0.3 is 30.8 Å². The van der Waals surface area contributed by atoms with Crippen LogP contribution in [0.15, 0.2) is 59.0 Å². The highest BCUT2D eigenvalue weighted by atomic mass is 16.5. The summed E-state index contributed by atoms with van der Waals surface area (Å²) in [5, 5.41) is 22.0. The molecule has 0 atom stereocenters. The zero-order valence-corrected chi connectivity index (χ0v) is 14.9. The molecule has 3 rings (SSSR count). The monoisotopic (exact) mass is 370 g/mol. The molecule has 27 heavy (non-hydrogen) atoms. The number of nitrogens with one attached hydrogen (secondary N) is 1. The molecule has 0 saturated carbocycles. The fourth-order valence-corrected chi connectivity index (χ4v) is 2.56. The number of aromatic hydroxyl groups is 1. The van der Waals surface area contributed by atoms with Gasteiger partial charge in [-0.25, -0.2) is 4.79 Å². The highest BCUT2D eigenvalue weighted by Gasteiger charge is 2.13. The third kappa shape index (κ3) is 4.87. The molecule has 0 aliphatic carbocycles. The second-order valence-electron chi connectivity index (χ2n) is 5.75. The van der Waals surface area contributed by atoms with E-state index in [2.05, 4.69) is 5.32 Å². The quantitative estimate of drug-likeness (QED) is 0.498. The van der Waals surface area contributed by atoms with Crippen LogP contribution in [0.25, 0.3) is 11.3 Å². The van der Waals surface area contributed by atoms with Gasteiger partial charge in [0.05, 0.1) is 13.7 Å². The first-order chi connectivity index (χ1) is 12.6. The number of hydrogen-bond acceptors (Lipinski definition) is 6. The Kier molecular flexibility index (Phi) is 6.59. The van der Waals surface area contributed by atoms with Crippen molar-refractivity contribution in [1.29, 1.82) is 0 Å². The van der Waals surface area contributed by atoms with Gasteiger partial charge in [0, 0.05) is 12.1 Å². The molecule has 0 fully saturated rings. The molecule has 0 saturated heterocycles. The summed E-state index contributed by atoms with van der Waals surface area (Å²) in [6, 6.07) is 15.8. The number of carboxylic acid groups (broad SMARTS) is 1. The van der Waals surface area contributed by atoms with Gasteiger partial charge in [-0.3, -0.25) is 0 Å².